The van der Waals surface area contributed by atoms with Gasteiger partial charge in [-0.05, 0) is 42.5 Å². The zero-order valence-corrected chi connectivity index (χ0v) is 13.1. The number of thioether (sulfide) groups is 1. The standard InChI is InChI=1S/C16H23N3S/c1-4-9-19-15-7-6-12(5-2)11-14(15)18-16(19)13(17)8-10-20-3/h4,6-7,11,13H,1,5,8-10,17H2,2-3H3. The minimum absolute atomic E-state index is 0.0140. The lowest BCUT2D eigenvalue weighted by atomic mass is 10.1. The lowest BCUT2D eigenvalue weighted by Gasteiger charge is -2.13. The van der Waals surface area contributed by atoms with E-state index < -0.39 is 0 Å². The van der Waals surface area contributed by atoms with E-state index in [4.69, 9.17) is 10.7 Å². The second kappa shape index (κ2) is 6.95. The number of rotatable bonds is 7. The van der Waals surface area contributed by atoms with Gasteiger partial charge >= 0.3 is 0 Å². The van der Waals surface area contributed by atoms with Gasteiger partial charge in [0.1, 0.15) is 5.82 Å². The first-order valence-corrected chi connectivity index (χ1v) is 8.45. The van der Waals surface area contributed by atoms with Gasteiger partial charge in [0.2, 0.25) is 0 Å². The van der Waals surface area contributed by atoms with E-state index in [2.05, 4.69) is 42.5 Å². The van der Waals surface area contributed by atoms with Crippen LogP contribution in [0.15, 0.2) is 30.9 Å². The third-order valence-electron chi connectivity index (χ3n) is 3.53. The molecule has 0 saturated heterocycles. The van der Waals surface area contributed by atoms with Gasteiger partial charge in [0, 0.05) is 6.54 Å². The van der Waals surface area contributed by atoms with E-state index in [1.807, 2.05) is 17.8 Å². The van der Waals surface area contributed by atoms with Crippen LogP contribution in [-0.4, -0.2) is 21.6 Å². The van der Waals surface area contributed by atoms with Crippen molar-refractivity contribution in [1.82, 2.24) is 9.55 Å². The lowest BCUT2D eigenvalue weighted by Crippen LogP contribution is -2.17. The molecule has 2 N–H and O–H groups in total. The predicted octanol–water partition coefficient (Wildman–Crippen LogP) is 3.54. The minimum Gasteiger partial charge on any atom is -0.323 e. The highest BCUT2D eigenvalue weighted by Gasteiger charge is 2.16. The molecule has 0 radical (unpaired) electrons. The van der Waals surface area contributed by atoms with E-state index in [1.165, 1.54) is 5.56 Å². The van der Waals surface area contributed by atoms with E-state index in [0.29, 0.717) is 0 Å². The lowest BCUT2D eigenvalue weighted by molar-refractivity contribution is 0.613. The Morgan fingerprint density at radius 2 is 2.30 bits per heavy atom. The normalized spacial score (nSPS) is 12.8. The molecule has 3 nitrogen and oxygen atoms in total. The first-order chi connectivity index (χ1) is 9.71. The summed E-state index contributed by atoms with van der Waals surface area (Å²) in [6.07, 6.45) is 5.98. The van der Waals surface area contributed by atoms with Crippen LogP contribution in [0.3, 0.4) is 0 Å². The Morgan fingerprint density at radius 1 is 1.50 bits per heavy atom. The van der Waals surface area contributed by atoms with Gasteiger partial charge in [-0.25, -0.2) is 4.98 Å². The molecule has 1 atom stereocenters. The average Bonchev–Trinajstić information content (AvgIpc) is 2.83. The van der Waals surface area contributed by atoms with Crippen LogP contribution in [0.4, 0.5) is 0 Å². The minimum atomic E-state index is -0.0140. The van der Waals surface area contributed by atoms with E-state index in [-0.39, 0.29) is 6.04 Å². The van der Waals surface area contributed by atoms with Gasteiger partial charge in [-0.3, -0.25) is 0 Å². The van der Waals surface area contributed by atoms with Gasteiger partial charge in [-0.2, -0.15) is 11.8 Å². The fourth-order valence-corrected chi connectivity index (χ4v) is 2.88. The molecule has 0 spiro atoms. The summed E-state index contributed by atoms with van der Waals surface area (Å²) < 4.78 is 2.19. The molecule has 1 aromatic carbocycles. The van der Waals surface area contributed by atoms with Gasteiger partial charge in [-0.15, -0.1) is 6.58 Å². The Kier molecular flexibility index (Phi) is 5.26. The Labute approximate surface area is 125 Å². The van der Waals surface area contributed by atoms with Crippen LogP contribution in [0.25, 0.3) is 11.0 Å². The quantitative estimate of drug-likeness (QED) is 0.793. The van der Waals surface area contributed by atoms with Crippen LogP contribution in [0, 0.1) is 0 Å². The number of fused-ring (bicyclic) bond motifs is 1. The number of imidazole rings is 1. The Morgan fingerprint density at radius 3 is 2.95 bits per heavy atom. The molecule has 0 aliphatic heterocycles. The Bertz CT molecular complexity index is 589. The summed E-state index contributed by atoms with van der Waals surface area (Å²) >= 11 is 1.82. The number of benzene rings is 1. The highest BCUT2D eigenvalue weighted by atomic mass is 32.2. The van der Waals surface area contributed by atoms with Crippen molar-refractivity contribution in [2.75, 3.05) is 12.0 Å². The largest absolute Gasteiger partial charge is 0.323 e. The number of allylic oxidation sites excluding steroid dienone is 1. The van der Waals surface area contributed by atoms with Gasteiger partial charge in [0.05, 0.1) is 17.1 Å². The molecule has 0 aliphatic carbocycles. The number of hydrogen-bond acceptors (Lipinski definition) is 3. The van der Waals surface area contributed by atoms with Crippen molar-refractivity contribution in [3.8, 4) is 0 Å². The molecule has 2 aromatic rings. The Balaban J connectivity index is 2.45. The molecule has 0 aliphatic rings. The van der Waals surface area contributed by atoms with Gasteiger partial charge in [0.15, 0.2) is 0 Å². The van der Waals surface area contributed by atoms with Crippen LogP contribution >= 0.6 is 11.8 Å². The van der Waals surface area contributed by atoms with Crippen molar-refractivity contribution in [2.45, 2.75) is 32.4 Å². The Hall–Kier alpha value is -1.26. The monoisotopic (exact) mass is 289 g/mol. The van der Waals surface area contributed by atoms with E-state index in [1.54, 1.807) is 0 Å². The van der Waals surface area contributed by atoms with E-state index >= 15 is 0 Å². The molecule has 1 aromatic heterocycles. The SMILES string of the molecule is C=CCn1c(C(N)CCSC)nc2cc(CC)ccc21. The molecule has 20 heavy (non-hydrogen) atoms. The maximum absolute atomic E-state index is 6.32. The summed E-state index contributed by atoms with van der Waals surface area (Å²) in [6.45, 7) is 6.76. The summed E-state index contributed by atoms with van der Waals surface area (Å²) in [5, 5.41) is 0. The molecule has 0 bridgehead atoms. The van der Waals surface area contributed by atoms with Crippen molar-refractivity contribution in [3.05, 3.63) is 42.2 Å². The highest BCUT2D eigenvalue weighted by Crippen LogP contribution is 2.23. The topological polar surface area (TPSA) is 43.8 Å². The summed E-state index contributed by atoms with van der Waals surface area (Å²) in [6, 6.07) is 6.47. The average molecular weight is 289 g/mol. The molecule has 1 heterocycles. The fourth-order valence-electron chi connectivity index (χ4n) is 2.39. The number of nitrogens with zero attached hydrogens (tertiary/aromatic N) is 2. The zero-order valence-electron chi connectivity index (χ0n) is 12.3. The molecule has 4 heteroatoms. The number of aromatic nitrogens is 2. The zero-order chi connectivity index (χ0) is 14.5. The van der Waals surface area contributed by atoms with Crippen molar-refractivity contribution < 1.29 is 0 Å². The fraction of sp³-hybridized carbons (Fsp3) is 0.438. The van der Waals surface area contributed by atoms with Crippen molar-refractivity contribution >= 4 is 22.8 Å². The predicted molar refractivity (Wildman–Crippen MR) is 89.2 cm³/mol. The number of hydrogen-bond donors (Lipinski definition) is 1. The van der Waals surface area contributed by atoms with Crippen LogP contribution in [0.2, 0.25) is 0 Å². The number of aryl methyl sites for hydroxylation is 1. The van der Waals surface area contributed by atoms with Crippen LogP contribution in [0.1, 0.15) is 30.8 Å². The first-order valence-electron chi connectivity index (χ1n) is 7.05. The molecule has 0 amide bonds. The molecule has 0 fully saturated rings. The molecule has 1 unspecified atom stereocenters. The van der Waals surface area contributed by atoms with Gasteiger partial charge in [0.25, 0.3) is 0 Å². The van der Waals surface area contributed by atoms with Gasteiger partial charge < -0.3 is 10.3 Å². The molecule has 2 rings (SSSR count). The number of nitrogens with two attached hydrogens (primary N) is 1. The maximum Gasteiger partial charge on any atom is 0.127 e. The van der Waals surface area contributed by atoms with Gasteiger partial charge in [-0.1, -0.05) is 19.1 Å². The smallest absolute Gasteiger partial charge is 0.127 e. The summed E-state index contributed by atoms with van der Waals surface area (Å²) in [7, 11) is 0. The van der Waals surface area contributed by atoms with E-state index in [0.717, 1.165) is 42.0 Å². The summed E-state index contributed by atoms with van der Waals surface area (Å²) in [5.41, 5.74) is 9.82. The van der Waals surface area contributed by atoms with Crippen molar-refractivity contribution in [3.63, 3.8) is 0 Å². The van der Waals surface area contributed by atoms with E-state index in [9.17, 15) is 0 Å². The molecule has 0 saturated carbocycles. The van der Waals surface area contributed by atoms with Crippen molar-refractivity contribution in [1.29, 1.82) is 0 Å². The molecular weight excluding hydrogens is 266 g/mol. The summed E-state index contributed by atoms with van der Waals surface area (Å²) in [4.78, 5) is 4.77. The highest BCUT2D eigenvalue weighted by molar-refractivity contribution is 7.98. The van der Waals surface area contributed by atoms with Crippen molar-refractivity contribution in [2.24, 2.45) is 5.73 Å². The second-order valence-electron chi connectivity index (χ2n) is 4.93. The third-order valence-corrected chi connectivity index (χ3v) is 4.17. The third kappa shape index (κ3) is 3.07. The van der Waals surface area contributed by atoms with Crippen LogP contribution < -0.4 is 5.73 Å². The van der Waals surface area contributed by atoms with Crippen LogP contribution in [-0.2, 0) is 13.0 Å². The molecule has 108 valence electrons. The van der Waals surface area contributed by atoms with Crippen LogP contribution in [0.5, 0.6) is 0 Å². The summed E-state index contributed by atoms with van der Waals surface area (Å²) in [5.74, 6) is 2.03. The maximum atomic E-state index is 6.32. The molecular formula is C16H23N3S. The first kappa shape index (κ1) is 15.1. The second-order valence-corrected chi connectivity index (χ2v) is 5.92.